The highest BCUT2D eigenvalue weighted by molar-refractivity contribution is 5.94. The summed E-state index contributed by atoms with van der Waals surface area (Å²) in [6.07, 6.45) is 6.94. The van der Waals surface area contributed by atoms with Crippen molar-refractivity contribution in [2.24, 2.45) is 5.92 Å². The van der Waals surface area contributed by atoms with Gasteiger partial charge in [0.05, 0.1) is 5.69 Å². The molecule has 1 amide bonds. The van der Waals surface area contributed by atoms with Gasteiger partial charge < -0.3 is 20.7 Å². The van der Waals surface area contributed by atoms with E-state index >= 15 is 0 Å². The van der Waals surface area contributed by atoms with Gasteiger partial charge in [-0.15, -0.1) is 0 Å². The third-order valence-corrected chi connectivity index (χ3v) is 4.07. The summed E-state index contributed by atoms with van der Waals surface area (Å²) < 4.78 is 1.90. The number of nitrogens with one attached hydrogen (secondary N) is 1. The second kappa shape index (κ2) is 6.79. The molecule has 1 heterocycles. The lowest BCUT2D eigenvalue weighted by atomic mass is 9.85. The molecular weight excluding hydrogens is 254 g/mol. The third-order valence-electron chi connectivity index (χ3n) is 4.07. The number of rotatable bonds is 5. The molecule has 1 aliphatic rings. The molecule has 1 saturated carbocycles. The summed E-state index contributed by atoms with van der Waals surface area (Å²) in [5, 5.41) is 12.5. The maximum absolute atomic E-state index is 12.4. The normalized spacial score (nSPS) is 22.7. The first-order valence-corrected chi connectivity index (χ1v) is 7.53. The Morgan fingerprint density at radius 3 is 2.95 bits per heavy atom. The van der Waals surface area contributed by atoms with Crippen LogP contribution in [-0.4, -0.2) is 28.2 Å². The van der Waals surface area contributed by atoms with E-state index < -0.39 is 0 Å². The van der Waals surface area contributed by atoms with Crippen molar-refractivity contribution in [1.82, 2.24) is 9.88 Å². The molecule has 0 aromatic carbocycles. The minimum absolute atomic E-state index is 0.0763. The maximum Gasteiger partial charge on any atom is 0.268 e. The molecular formula is C15H25N3O2. The van der Waals surface area contributed by atoms with Crippen LogP contribution in [0, 0.1) is 5.92 Å². The van der Waals surface area contributed by atoms with E-state index in [1.807, 2.05) is 10.8 Å². The minimum Gasteiger partial charge on any atom is -0.397 e. The summed E-state index contributed by atoms with van der Waals surface area (Å²) in [6, 6.07) is 1.80. The number of aliphatic hydroxyl groups is 1. The van der Waals surface area contributed by atoms with Crippen molar-refractivity contribution in [2.45, 2.75) is 51.6 Å². The van der Waals surface area contributed by atoms with Gasteiger partial charge in [0.15, 0.2) is 0 Å². The van der Waals surface area contributed by atoms with Crippen LogP contribution in [-0.2, 0) is 6.54 Å². The van der Waals surface area contributed by atoms with Crippen molar-refractivity contribution < 1.29 is 9.90 Å². The van der Waals surface area contributed by atoms with E-state index in [0.29, 0.717) is 11.4 Å². The molecule has 0 bridgehead atoms. The number of hydrogen-bond acceptors (Lipinski definition) is 3. The van der Waals surface area contributed by atoms with Crippen LogP contribution in [0.15, 0.2) is 12.3 Å². The van der Waals surface area contributed by atoms with Crippen LogP contribution in [0.25, 0.3) is 0 Å². The molecule has 2 rings (SSSR count). The van der Waals surface area contributed by atoms with E-state index in [-0.39, 0.29) is 24.5 Å². The Balaban J connectivity index is 2.07. The van der Waals surface area contributed by atoms with Crippen molar-refractivity contribution >= 4 is 11.6 Å². The first-order chi connectivity index (χ1) is 9.65. The van der Waals surface area contributed by atoms with Crippen LogP contribution in [0.3, 0.4) is 0 Å². The Bertz CT molecular complexity index is 456. The van der Waals surface area contributed by atoms with Crippen molar-refractivity contribution in [1.29, 1.82) is 0 Å². The topological polar surface area (TPSA) is 80.3 Å². The molecule has 2 unspecified atom stereocenters. The van der Waals surface area contributed by atoms with Crippen molar-refractivity contribution in [3.05, 3.63) is 18.0 Å². The van der Waals surface area contributed by atoms with Gasteiger partial charge in [-0.2, -0.15) is 0 Å². The second-order valence-electron chi connectivity index (χ2n) is 5.66. The summed E-state index contributed by atoms with van der Waals surface area (Å²) in [4.78, 5) is 12.4. The predicted octanol–water partition coefficient (Wildman–Crippen LogP) is 1.76. The van der Waals surface area contributed by atoms with E-state index in [2.05, 4.69) is 12.2 Å². The maximum atomic E-state index is 12.4. The van der Waals surface area contributed by atoms with E-state index in [9.17, 15) is 9.90 Å². The van der Waals surface area contributed by atoms with Gasteiger partial charge in [0.2, 0.25) is 0 Å². The van der Waals surface area contributed by atoms with Crippen LogP contribution in [0.4, 0.5) is 5.69 Å². The zero-order valence-corrected chi connectivity index (χ0v) is 12.1. The standard InChI is InChI=1S/C15H25N3O2/c1-2-7-18-9-12(16)8-14(18)15(20)17-13-6-4-3-5-11(13)10-19/h8-9,11,13,19H,2-7,10,16H2,1H3,(H,17,20). The number of carbonyl (C=O) groups excluding carboxylic acids is 1. The SMILES string of the molecule is CCCn1cc(N)cc1C(=O)NC1CCCCC1CO. The first-order valence-electron chi connectivity index (χ1n) is 7.53. The number of aryl methyl sites for hydroxylation is 1. The quantitative estimate of drug-likeness (QED) is 0.768. The van der Waals surface area contributed by atoms with Crippen LogP contribution < -0.4 is 11.1 Å². The molecule has 0 saturated heterocycles. The fraction of sp³-hybridized carbons (Fsp3) is 0.667. The molecule has 0 radical (unpaired) electrons. The number of aliphatic hydroxyl groups excluding tert-OH is 1. The average molecular weight is 279 g/mol. The van der Waals surface area contributed by atoms with Crippen LogP contribution >= 0.6 is 0 Å². The van der Waals surface area contributed by atoms with Gasteiger partial charge >= 0.3 is 0 Å². The van der Waals surface area contributed by atoms with Crippen molar-refractivity contribution in [3.8, 4) is 0 Å². The Morgan fingerprint density at radius 2 is 2.25 bits per heavy atom. The third kappa shape index (κ3) is 3.33. The molecule has 1 aromatic heterocycles. The molecule has 1 fully saturated rings. The first kappa shape index (κ1) is 14.9. The lowest BCUT2D eigenvalue weighted by Gasteiger charge is -2.30. The van der Waals surface area contributed by atoms with E-state index in [4.69, 9.17) is 5.73 Å². The Kier molecular flexibility index (Phi) is 5.06. The molecule has 112 valence electrons. The molecule has 0 spiro atoms. The van der Waals surface area contributed by atoms with Gasteiger partial charge in [-0.3, -0.25) is 4.79 Å². The number of nitrogens with two attached hydrogens (primary N) is 1. The van der Waals surface area contributed by atoms with Gasteiger partial charge in [-0.05, 0) is 25.3 Å². The fourth-order valence-corrected chi connectivity index (χ4v) is 3.01. The molecule has 1 aliphatic carbocycles. The number of anilines is 1. The van der Waals surface area contributed by atoms with Gasteiger partial charge in [-0.25, -0.2) is 0 Å². The molecule has 2 atom stereocenters. The fourth-order valence-electron chi connectivity index (χ4n) is 3.01. The summed E-state index contributed by atoms with van der Waals surface area (Å²) >= 11 is 0. The Hall–Kier alpha value is -1.49. The summed E-state index contributed by atoms with van der Waals surface area (Å²) in [5.74, 6) is 0.0973. The number of carbonyl (C=O) groups is 1. The number of nitrogens with zero attached hydrogens (tertiary/aromatic N) is 1. The van der Waals surface area contributed by atoms with Gasteiger partial charge in [0, 0.05) is 31.3 Å². The molecule has 1 aromatic rings. The average Bonchev–Trinajstić information content (AvgIpc) is 2.81. The van der Waals surface area contributed by atoms with Gasteiger partial charge in [-0.1, -0.05) is 19.8 Å². The second-order valence-corrected chi connectivity index (χ2v) is 5.66. The Labute approximate surface area is 120 Å². The number of aromatic nitrogens is 1. The van der Waals surface area contributed by atoms with E-state index in [0.717, 1.165) is 38.6 Å². The summed E-state index contributed by atoms with van der Waals surface area (Å²) in [7, 11) is 0. The lowest BCUT2D eigenvalue weighted by molar-refractivity contribution is 0.0863. The highest BCUT2D eigenvalue weighted by Crippen LogP contribution is 2.24. The van der Waals surface area contributed by atoms with Gasteiger partial charge in [0.1, 0.15) is 5.69 Å². The highest BCUT2D eigenvalue weighted by Gasteiger charge is 2.27. The molecule has 5 nitrogen and oxygen atoms in total. The monoisotopic (exact) mass is 279 g/mol. The minimum atomic E-state index is -0.0829. The molecule has 4 N–H and O–H groups in total. The van der Waals surface area contributed by atoms with Gasteiger partial charge in [0.25, 0.3) is 5.91 Å². The number of nitrogen functional groups attached to an aromatic ring is 1. The van der Waals surface area contributed by atoms with Crippen LogP contribution in [0.1, 0.15) is 49.5 Å². The smallest absolute Gasteiger partial charge is 0.268 e. The molecule has 0 aliphatic heterocycles. The van der Waals surface area contributed by atoms with Crippen molar-refractivity contribution in [3.63, 3.8) is 0 Å². The van der Waals surface area contributed by atoms with Crippen molar-refractivity contribution in [2.75, 3.05) is 12.3 Å². The highest BCUT2D eigenvalue weighted by atomic mass is 16.3. The summed E-state index contributed by atoms with van der Waals surface area (Å²) in [5.41, 5.74) is 7.03. The number of hydrogen-bond donors (Lipinski definition) is 3. The van der Waals surface area contributed by atoms with Crippen LogP contribution in [0.5, 0.6) is 0 Å². The lowest BCUT2D eigenvalue weighted by Crippen LogP contribution is -2.43. The summed E-state index contributed by atoms with van der Waals surface area (Å²) in [6.45, 7) is 3.00. The zero-order valence-electron chi connectivity index (χ0n) is 12.1. The largest absolute Gasteiger partial charge is 0.397 e. The molecule has 20 heavy (non-hydrogen) atoms. The predicted molar refractivity (Wildman–Crippen MR) is 79.4 cm³/mol. The van der Waals surface area contributed by atoms with E-state index in [1.54, 1.807) is 6.07 Å². The number of amides is 1. The molecule has 5 heteroatoms. The van der Waals surface area contributed by atoms with E-state index in [1.165, 1.54) is 0 Å². The van der Waals surface area contributed by atoms with Crippen LogP contribution in [0.2, 0.25) is 0 Å². The Morgan fingerprint density at radius 1 is 1.50 bits per heavy atom. The zero-order chi connectivity index (χ0) is 14.5.